The maximum Gasteiger partial charge on any atom is 0.313 e. The third-order valence-electron chi connectivity index (χ3n) is 3.25. The van der Waals surface area contributed by atoms with Crippen molar-refractivity contribution in [2.24, 2.45) is 5.92 Å². The molecule has 7 nitrogen and oxygen atoms in total. The molecule has 0 atom stereocenters. The molecule has 0 aliphatic carbocycles. The molecule has 0 aliphatic heterocycles. The molecule has 0 spiro atoms. The van der Waals surface area contributed by atoms with E-state index in [1.54, 1.807) is 10.9 Å². The van der Waals surface area contributed by atoms with Gasteiger partial charge in [-0.1, -0.05) is 32.0 Å². The number of aromatic nitrogens is 2. The molecule has 26 heavy (non-hydrogen) atoms. The van der Waals surface area contributed by atoms with E-state index in [0.717, 1.165) is 5.69 Å². The van der Waals surface area contributed by atoms with E-state index in [4.69, 9.17) is 9.84 Å². The summed E-state index contributed by atoms with van der Waals surface area (Å²) < 4.78 is 7.37. The molecular weight excluding hydrogens is 354 g/mol. The van der Waals surface area contributed by atoms with Crippen molar-refractivity contribution >= 4 is 23.6 Å². The molecule has 1 aromatic carbocycles. The Balaban J connectivity index is 2.07. The van der Waals surface area contributed by atoms with Crippen molar-refractivity contribution in [2.45, 2.75) is 13.8 Å². The maximum absolute atomic E-state index is 12.5. The summed E-state index contributed by atoms with van der Waals surface area (Å²) >= 11 is 1.25. The molecule has 0 saturated carbocycles. The fourth-order valence-corrected chi connectivity index (χ4v) is 2.64. The average Bonchev–Trinajstić information content (AvgIpc) is 3.04. The summed E-state index contributed by atoms with van der Waals surface area (Å²) in [5, 5.41) is 15.7. The summed E-state index contributed by atoms with van der Waals surface area (Å²) in [5.41, 5.74) is 1.05. The number of benzene rings is 1. The van der Waals surface area contributed by atoms with Crippen LogP contribution in [-0.2, 0) is 4.79 Å². The van der Waals surface area contributed by atoms with Crippen LogP contribution in [0.3, 0.4) is 0 Å². The summed E-state index contributed by atoms with van der Waals surface area (Å²) in [4.78, 5) is 22.9. The van der Waals surface area contributed by atoms with E-state index in [1.807, 2.05) is 44.2 Å². The monoisotopic (exact) mass is 377 g/mol. The van der Waals surface area contributed by atoms with E-state index in [2.05, 4.69) is 10.4 Å². The van der Waals surface area contributed by atoms with Gasteiger partial charge in [-0.05, 0) is 18.1 Å². The Hall–Kier alpha value is -2.48. The minimum atomic E-state index is -0.868. The average molecular weight is 377 g/mol. The minimum absolute atomic E-state index is 0.0151. The first-order chi connectivity index (χ1) is 12.5. The maximum atomic E-state index is 12.5. The van der Waals surface area contributed by atoms with E-state index in [0.29, 0.717) is 30.6 Å². The van der Waals surface area contributed by atoms with Gasteiger partial charge in [-0.2, -0.15) is 5.10 Å². The smallest absolute Gasteiger partial charge is 0.313 e. The normalized spacial score (nSPS) is 10.7. The first kappa shape index (κ1) is 19.8. The molecule has 1 amide bonds. The summed E-state index contributed by atoms with van der Waals surface area (Å²) in [7, 11) is 0. The first-order valence-corrected chi connectivity index (χ1v) is 9.48. The van der Waals surface area contributed by atoms with Gasteiger partial charge in [-0.3, -0.25) is 9.59 Å². The Morgan fingerprint density at radius 3 is 2.69 bits per heavy atom. The molecule has 0 aliphatic rings. The zero-order valence-electron chi connectivity index (χ0n) is 14.8. The Morgan fingerprint density at radius 1 is 1.31 bits per heavy atom. The SMILES string of the molecule is CC(C)COc1cn(-c2ccccc2)nc1C(=O)NCCSCC(=O)O. The van der Waals surface area contributed by atoms with E-state index in [1.165, 1.54) is 11.8 Å². The molecule has 0 unspecified atom stereocenters. The summed E-state index contributed by atoms with van der Waals surface area (Å²) in [6.07, 6.45) is 1.70. The van der Waals surface area contributed by atoms with Crippen LogP contribution in [0.5, 0.6) is 5.75 Å². The Bertz CT molecular complexity index is 731. The van der Waals surface area contributed by atoms with Crippen LogP contribution < -0.4 is 10.1 Å². The molecule has 140 valence electrons. The number of nitrogens with zero attached hydrogens (tertiary/aromatic N) is 2. The summed E-state index contributed by atoms with van der Waals surface area (Å²) in [6, 6.07) is 9.48. The number of thioether (sulfide) groups is 1. The minimum Gasteiger partial charge on any atom is -0.489 e. The molecule has 2 aromatic rings. The fraction of sp³-hybridized carbons (Fsp3) is 0.389. The van der Waals surface area contributed by atoms with Gasteiger partial charge in [-0.15, -0.1) is 11.8 Å². The van der Waals surface area contributed by atoms with Gasteiger partial charge in [0, 0.05) is 12.3 Å². The lowest BCUT2D eigenvalue weighted by atomic mass is 10.2. The Morgan fingerprint density at radius 2 is 2.04 bits per heavy atom. The van der Waals surface area contributed by atoms with Crippen molar-refractivity contribution in [1.82, 2.24) is 15.1 Å². The molecule has 2 N–H and O–H groups in total. The van der Waals surface area contributed by atoms with Crippen LogP contribution in [0.25, 0.3) is 5.69 Å². The number of amides is 1. The highest BCUT2D eigenvalue weighted by Crippen LogP contribution is 2.20. The topological polar surface area (TPSA) is 93.5 Å². The number of hydrogen-bond acceptors (Lipinski definition) is 5. The second-order valence-corrected chi connectivity index (χ2v) is 7.13. The second kappa shape index (κ2) is 9.86. The van der Waals surface area contributed by atoms with Crippen molar-refractivity contribution in [2.75, 3.05) is 24.7 Å². The predicted octanol–water partition coefficient (Wildman–Crippen LogP) is 2.45. The van der Waals surface area contributed by atoms with E-state index >= 15 is 0 Å². The molecule has 8 heteroatoms. The third kappa shape index (κ3) is 6.11. The molecule has 1 aromatic heterocycles. The van der Waals surface area contributed by atoms with Gasteiger partial charge in [0.15, 0.2) is 11.4 Å². The van der Waals surface area contributed by atoms with Crippen molar-refractivity contribution < 1.29 is 19.4 Å². The number of carbonyl (C=O) groups is 2. The molecule has 2 rings (SSSR count). The lowest BCUT2D eigenvalue weighted by Gasteiger charge is -2.08. The lowest BCUT2D eigenvalue weighted by Crippen LogP contribution is -2.27. The number of carboxylic acids is 1. The van der Waals surface area contributed by atoms with Crippen LogP contribution in [0.15, 0.2) is 36.5 Å². The van der Waals surface area contributed by atoms with Crippen molar-refractivity contribution in [1.29, 1.82) is 0 Å². The number of ether oxygens (including phenoxy) is 1. The quantitative estimate of drug-likeness (QED) is 0.618. The van der Waals surface area contributed by atoms with Crippen LogP contribution in [0.2, 0.25) is 0 Å². The molecule has 0 saturated heterocycles. The molecule has 0 fully saturated rings. The highest BCUT2D eigenvalue weighted by molar-refractivity contribution is 7.99. The van der Waals surface area contributed by atoms with Gasteiger partial charge in [0.05, 0.1) is 24.2 Å². The largest absolute Gasteiger partial charge is 0.489 e. The van der Waals surface area contributed by atoms with E-state index < -0.39 is 5.97 Å². The van der Waals surface area contributed by atoms with Crippen LogP contribution in [0.4, 0.5) is 0 Å². The number of aliphatic carboxylic acids is 1. The van der Waals surface area contributed by atoms with Gasteiger partial charge >= 0.3 is 5.97 Å². The summed E-state index contributed by atoms with van der Waals surface area (Å²) in [5.74, 6) is 0.0687. The van der Waals surface area contributed by atoms with Crippen LogP contribution in [0, 0.1) is 5.92 Å². The number of para-hydroxylation sites is 1. The summed E-state index contributed by atoms with van der Waals surface area (Å²) in [6.45, 7) is 4.90. The standard InChI is InChI=1S/C18H23N3O4S/c1-13(2)11-25-15-10-21(14-6-4-3-5-7-14)20-17(15)18(24)19-8-9-26-12-16(22)23/h3-7,10,13H,8-9,11-12H2,1-2H3,(H,19,24)(H,22,23). The number of nitrogens with one attached hydrogen (secondary N) is 1. The highest BCUT2D eigenvalue weighted by Gasteiger charge is 2.19. The second-order valence-electron chi connectivity index (χ2n) is 6.03. The number of hydrogen-bond donors (Lipinski definition) is 2. The van der Waals surface area contributed by atoms with Gasteiger partial charge < -0.3 is 15.2 Å². The predicted molar refractivity (Wildman–Crippen MR) is 101 cm³/mol. The first-order valence-electron chi connectivity index (χ1n) is 8.33. The van der Waals surface area contributed by atoms with Gasteiger partial charge in [-0.25, -0.2) is 4.68 Å². The van der Waals surface area contributed by atoms with Crippen molar-refractivity contribution in [3.8, 4) is 11.4 Å². The highest BCUT2D eigenvalue weighted by atomic mass is 32.2. The molecule has 0 radical (unpaired) electrons. The van der Waals surface area contributed by atoms with Crippen LogP contribution in [0.1, 0.15) is 24.3 Å². The number of carbonyl (C=O) groups excluding carboxylic acids is 1. The fourth-order valence-electron chi connectivity index (χ4n) is 2.07. The molecule has 1 heterocycles. The zero-order chi connectivity index (χ0) is 18.9. The van der Waals surface area contributed by atoms with Gasteiger partial charge in [0.1, 0.15) is 0 Å². The Labute approximate surface area is 156 Å². The van der Waals surface area contributed by atoms with Gasteiger partial charge in [0.2, 0.25) is 0 Å². The van der Waals surface area contributed by atoms with Gasteiger partial charge in [0.25, 0.3) is 5.91 Å². The third-order valence-corrected chi connectivity index (χ3v) is 4.19. The number of rotatable bonds is 10. The molecular formula is C18H23N3O4S. The van der Waals surface area contributed by atoms with E-state index in [-0.39, 0.29) is 17.4 Å². The Kier molecular flexibility index (Phi) is 7.53. The zero-order valence-corrected chi connectivity index (χ0v) is 15.7. The lowest BCUT2D eigenvalue weighted by molar-refractivity contribution is -0.133. The van der Waals surface area contributed by atoms with E-state index in [9.17, 15) is 9.59 Å². The number of carboxylic acid groups (broad SMARTS) is 1. The molecule has 0 bridgehead atoms. The van der Waals surface area contributed by atoms with Crippen molar-refractivity contribution in [3.05, 3.63) is 42.2 Å². The van der Waals surface area contributed by atoms with Crippen molar-refractivity contribution in [3.63, 3.8) is 0 Å². The van der Waals surface area contributed by atoms with Crippen LogP contribution >= 0.6 is 11.8 Å². The van der Waals surface area contributed by atoms with Crippen LogP contribution in [-0.4, -0.2) is 51.4 Å².